The molecule has 1 atom stereocenters. The third kappa shape index (κ3) is 6.68. The van der Waals surface area contributed by atoms with Crippen molar-refractivity contribution in [3.8, 4) is 11.5 Å². The molecule has 0 heterocycles. The van der Waals surface area contributed by atoms with Crippen molar-refractivity contribution in [2.75, 3.05) is 27.4 Å². The molecule has 0 bridgehead atoms. The highest BCUT2D eigenvalue weighted by atomic mass is 16.6. The summed E-state index contributed by atoms with van der Waals surface area (Å²) in [5, 5.41) is 14.4. The van der Waals surface area contributed by atoms with Crippen LogP contribution in [0.3, 0.4) is 0 Å². The summed E-state index contributed by atoms with van der Waals surface area (Å²) >= 11 is 0. The maximum absolute atomic E-state index is 12.9. The van der Waals surface area contributed by atoms with Crippen LogP contribution in [0.4, 0.5) is 5.69 Å². The number of nitrogens with zero attached hydrogens (tertiary/aromatic N) is 1. The average molecular weight is 431 g/mol. The van der Waals surface area contributed by atoms with Crippen LogP contribution in [0.1, 0.15) is 48.3 Å². The molecule has 8 heteroatoms. The molecular weight excluding hydrogens is 400 g/mol. The number of rotatable bonds is 11. The van der Waals surface area contributed by atoms with E-state index in [1.165, 1.54) is 31.9 Å². The Bertz CT molecular complexity index is 896. The summed E-state index contributed by atoms with van der Waals surface area (Å²) < 4.78 is 15.7. The van der Waals surface area contributed by atoms with Crippen LogP contribution in [0.5, 0.6) is 11.5 Å². The molecule has 31 heavy (non-hydrogen) atoms. The van der Waals surface area contributed by atoms with E-state index in [2.05, 4.69) is 19.2 Å². The predicted molar refractivity (Wildman–Crippen MR) is 118 cm³/mol. The van der Waals surface area contributed by atoms with Gasteiger partial charge in [0.15, 0.2) is 11.5 Å². The first-order chi connectivity index (χ1) is 14.8. The molecule has 0 aromatic heterocycles. The van der Waals surface area contributed by atoms with E-state index >= 15 is 0 Å². The molecule has 0 fully saturated rings. The molecule has 2 rings (SSSR count). The number of nitro benzene ring substituents is 1. The predicted octanol–water partition coefficient (Wildman–Crippen LogP) is 4.32. The van der Waals surface area contributed by atoms with Gasteiger partial charge in [-0.2, -0.15) is 0 Å². The lowest BCUT2D eigenvalue weighted by Crippen LogP contribution is -2.27. The van der Waals surface area contributed by atoms with Crippen LogP contribution in [0.2, 0.25) is 0 Å². The minimum absolute atomic E-state index is 0.0933. The first-order valence-corrected chi connectivity index (χ1v) is 10.1. The number of nitrogens with one attached hydrogen (secondary N) is 1. The number of hydrogen-bond acceptors (Lipinski definition) is 6. The molecule has 1 amide bonds. The fourth-order valence-electron chi connectivity index (χ4n) is 3.16. The molecule has 0 radical (unpaired) electrons. The Kier molecular flexibility index (Phi) is 8.81. The molecular formula is C23H30N2O6. The number of ether oxygens (including phenoxy) is 3. The topological polar surface area (TPSA) is 99.9 Å². The van der Waals surface area contributed by atoms with Crippen LogP contribution >= 0.6 is 0 Å². The monoisotopic (exact) mass is 430 g/mol. The first kappa shape index (κ1) is 24.1. The smallest absolute Gasteiger partial charge is 0.286 e. The molecule has 0 saturated carbocycles. The van der Waals surface area contributed by atoms with Gasteiger partial charge in [-0.25, -0.2) is 0 Å². The van der Waals surface area contributed by atoms with Gasteiger partial charge in [-0.3, -0.25) is 14.9 Å². The van der Waals surface area contributed by atoms with Crippen LogP contribution in [-0.2, 0) is 11.2 Å². The molecule has 0 aliphatic carbocycles. The van der Waals surface area contributed by atoms with Gasteiger partial charge in [0.2, 0.25) is 0 Å². The summed E-state index contributed by atoms with van der Waals surface area (Å²) in [5.41, 5.74) is 1.69. The Hall–Kier alpha value is -3.13. The van der Waals surface area contributed by atoms with Gasteiger partial charge in [0, 0.05) is 13.2 Å². The van der Waals surface area contributed by atoms with Crippen LogP contribution < -0.4 is 14.8 Å². The Balaban J connectivity index is 2.23. The molecule has 2 aromatic rings. The average Bonchev–Trinajstić information content (AvgIpc) is 2.73. The fourth-order valence-corrected chi connectivity index (χ4v) is 3.16. The van der Waals surface area contributed by atoms with Gasteiger partial charge < -0.3 is 19.5 Å². The summed E-state index contributed by atoms with van der Waals surface area (Å²) in [7, 11) is 2.93. The largest absolute Gasteiger partial charge is 0.493 e. The minimum atomic E-state index is -0.608. The van der Waals surface area contributed by atoms with Crippen molar-refractivity contribution < 1.29 is 23.9 Å². The Morgan fingerprint density at radius 2 is 1.74 bits per heavy atom. The fraction of sp³-hybridized carbons (Fsp3) is 0.435. The highest BCUT2D eigenvalue weighted by molar-refractivity contribution is 5.99. The van der Waals surface area contributed by atoms with Crippen molar-refractivity contribution in [1.82, 2.24) is 5.32 Å². The van der Waals surface area contributed by atoms with E-state index in [0.29, 0.717) is 12.5 Å². The van der Waals surface area contributed by atoms with Crippen LogP contribution in [0.25, 0.3) is 0 Å². The molecule has 8 nitrogen and oxygen atoms in total. The van der Waals surface area contributed by atoms with Crippen LogP contribution in [0, 0.1) is 16.0 Å². The molecule has 168 valence electrons. The van der Waals surface area contributed by atoms with Gasteiger partial charge in [-0.15, -0.1) is 0 Å². The zero-order valence-electron chi connectivity index (χ0n) is 18.6. The van der Waals surface area contributed by atoms with E-state index in [1.807, 2.05) is 31.2 Å². The lowest BCUT2D eigenvalue weighted by molar-refractivity contribution is -0.385. The number of benzene rings is 2. The summed E-state index contributed by atoms with van der Waals surface area (Å²) in [6.45, 7) is 6.66. The lowest BCUT2D eigenvalue weighted by atomic mass is 9.99. The van der Waals surface area contributed by atoms with Gasteiger partial charge in [0.25, 0.3) is 11.6 Å². The summed E-state index contributed by atoms with van der Waals surface area (Å²) in [6.07, 6.45) is 0.978. The summed E-state index contributed by atoms with van der Waals surface area (Å²) in [4.78, 5) is 23.9. The van der Waals surface area contributed by atoms with Gasteiger partial charge in [0.1, 0.15) is 12.2 Å². The number of amides is 1. The third-order valence-corrected chi connectivity index (χ3v) is 4.74. The van der Waals surface area contributed by atoms with Gasteiger partial charge >= 0.3 is 0 Å². The standard InChI is InChI=1S/C23H30N2O6/c1-15(2)12-17-6-8-18(9-7-17)16(3)24-23(26)19-13-21(30-5)22(31-11-10-29-4)14-20(19)25(27)28/h6-9,13-16H,10-12H2,1-5H3,(H,24,26). The van der Waals surface area contributed by atoms with Crippen molar-refractivity contribution in [1.29, 1.82) is 0 Å². The van der Waals surface area contributed by atoms with Crippen LogP contribution in [0.15, 0.2) is 36.4 Å². The third-order valence-electron chi connectivity index (χ3n) is 4.74. The second kappa shape index (κ2) is 11.3. The second-order valence-electron chi connectivity index (χ2n) is 7.65. The van der Waals surface area contributed by atoms with E-state index in [-0.39, 0.29) is 35.4 Å². The highest BCUT2D eigenvalue weighted by Gasteiger charge is 2.26. The Morgan fingerprint density at radius 1 is 1.06 bits per heavy atom. The summed E-state index contributed by atoms with van der Waals surface area (Å²) in [5.74, 6) is 0.404. The molecule has 1 unspecified atom stereocenters. The molecule has 0 aliphatic rings. The van der Waals surface area contributed by atoms with Crippen LogP contribution in [-0.4, -0.2) is 38.3 Å². The van der Waals surface area contributed by atoms with Crippen molar-refractivity contribution in [3.63, 3.8) is 0 Å². The lowest BCUT2D eigenvalue weighted by Gasteiger charge is -2.17. The number of methoxy groups -OCH3 is 2. The van der Waals surface area contributed by atoms with E-state index in [4.69, 9.17) is 14.2 Å². The van der Waals surface area contributed by atoms with Crippen molar-refractivity contribution in [3.05, 3.63) is 63.2 Å². The molecule has 2 aromatic carbocycles. The number of nitro groups is 1. The van der Waals surface area contributed by atoms with Crippen molar-refractivity contribution in [2.24, 2.45) is 5.92 Å². The molecule has 0 spiro atoms. The summed E-state index contributed by atoms with van der Waals surface area (Å²) in [6, 6.07) is 10.2. The number of carbonyl (C=O) groups is 1. The number of hydrogen-bond donors (Lipinski definition) is 1. The van der Waals surface area contributed by atoms with Crippen molar-refractivity contribution >= 4 is 11.6 Å². The SMILES string of the molecule is COCCOc1cc([N+](=O)[O-])c(C(=O)NC(C)c2ccc(CC(C)C)cc2)cc1OC. The highest BCUT2D eigenvalue weighted by Crippen LogP contribution is 2.35. The Labute approximate surface area is 182 Å². The van der Waals surface area contributed by atoms with E-state index < -0.39 is 10.8 Å². The molecule has 0 aliphatic heterocycles. The zero-order valence-corrected chi connectivity index (χ0v) is 18.6. The molecule has 1 N–H and O–H groups in total. The second-order valence-corrected chi connectivity index (χ2v) is 7.65. The quantitative estimate of drug-likeness (QED) is 0.324. The Morgan fingerprint density at radius 3 is 2.29 bits per heavy atom. The van der Waals surface area contributed by atoms with Gasteiger partial charge in [-0.1, -0.05) is 38.1 Å². The minimum Gasteiger partial charge on any atom is -0.493 e. The maximum Gasteiger partial charge on any atom is 0.286 e. The van der Waals surface area contributed by atoms with Gasteiger partial charge in [0.05, 0.1) is 30.7 Å². The first-order valence-electron chi connectivity index (χ1n) is 10.1. The zero-order chi connectivity index (χ0) is 23.0. The normalized spacial score (nSPS) is 11.8. The number of carbonyl (C=O) groups excluding carboxylic acids is 1. The molecule has 0 saturated heterocycles. The van der Waals surface area contributed by atoms with E-state index in [1.54, 1.807) is 0 Å². The van der Waals surface area contributed by atoms with E-state index in [0.717, 1.165) is 12.0 Å². The maximum atomic E-state index is 12.9. The van der Waals surface area contributed by atoms with Gasteiger partial charge in [-0.05, 0) is 30.4 Å². The van der Waals surface area contributed by atoms with E-state index in [9.17, 15) is 14.9 Å². The van der Waals surface area contributed by atoms with Crippen molar-refractivity contribution in [2.45, 2.75) is 33.2 Å².